The Morgan fingerprint density at radius 3 is 2.89 bits per heavy atom. The lowest BCUT2D eigenvalue weighted by atomic mass is 10.3. The minimum absolute atomic E-state index is 0.498. The van der Waals surface area contributed by atoms with Crippen LogP contribution in [-0.2, 0) is 10.2 Å². The minimum atomic E-state index is -3.46. The van der Waals surface area contributed by atoms with Crippen LogP contribution in [0.2, 0.25) is 0 Å². The van der Waals surface area contributed by atoms with Crippen molar-refractivity contribution in [3.63, 3.8) is 0 Å². The van der Waals surface area contributed by atoms with Crippen LogP contribution in [0.15, 0.2) is 23.7 Å². The maximum absolute atomic E-state index is 12.2. The van der Waals surface area contributed by atoms with E-state index >= 15 is 0 Å². The number of benzene rings is 1. The lowest BCUT2D eigenvalue weighted by Gasteiger charge is -2.26. The number of hydrogen-bond acceptors (Lipinski definition) is 5. The number of anilines is 1. The summed E-state index contributed by atoms with van der Waals surface area (Å²) in [5.41, 5.74) is 3.21. The van der Waals surface area contributed by atoms with E-state index in [-0.39, 0.29) is 0 Å². The van der Waals surface area contributed by atoms with Gasteiger partial charge in [-0.2, -0.15) is 12.7 Å². The van der Waals surface area contributed by atoms with Crippen LogP contribution in [-0.4, -0.2) is 43.9 Å². The molecule has 6 nitrogen and oxygen atoms in total. The molecule has 0 saturated carbocycles. The van der Waals surface area contributed by atoms with Crippen LogP contribution in [0.4, 0.5) is 5.69 Å². The molecular formula is C11H14N4O2S2. The Kier molecular flexibility index (Phi) is 3.40. The smallest absolute Gasteiger partial charge is 0.301 e. The number of rotatable bonds is 3. The summed E-state index contributed by atoms with van der Waals surface area (Å²) >= 11 is 1.49. The van der Waals surface area contributed by atoms with Crippen molar-refractivity contribution in [2.75, 3.05) is 30.9 Å². The monoisotopic (exact) mass is 298 g/mol. The highest BCUT2D eigenvalue weighted by molar-refractivity contribution is 7.90. The maximum Gasteiger partial charge on any atom is 0.301 e. The normalized spacial score (nSPS) is 17.7. The highest BCUT2D eigenvalue weighted by Crippen LogP contribution is 2.22. The summed E-state index contributed by atoms with van der Waals surface area (Å²) in [4.78, 5) is 4.17. The summed E-state index contributed by atoms with van der Waals surface area (Å²) < 4.78 is 29.5. The number of piperazine rings is 1. The molecule has 2 heterocycles. The van der Waals surface area contributed by atoms with Crippen LogP contribution < -0.4 is 10.0 Å². The predicted octanol–water partition coefficient (Wildman–Crippen LogP) is 0.858. The van der Waals surface area contributed by atoms with Gasteiger partial charge in [0.2, 0.25) is 0 Å². The summed E-state index contributed by atoms with van der Waals surface area (Å²) in [7, 11) is -3.46. The van der Waals surface area contributed by atoms with Crippen molar-refractivity contribution in [1.29, 1.82) is 0 Å². The predicted molar refractivity (Wildman–Crippen MR) is 76.6 cm³/mol. The minimum Gasteiger partial charge on any atom is -0.314 e. The van der Waals surface area contributed by atoms with Crippen molar-refractivity contribution in [3.8, 4) is 0 Å². The van der Waals surface area contributed by atoms with E-state index in [9.17, 15) is 8.42 Å². The van der Waals surface area contributed by atoms with Gasteiger partial charge < -0.3 is 5.32 Å². The quantitative estimate of drug-likeness (QED) is 0.881. The fraction of sp³-hybridized carbons (Fsp3) is 0.364. The Balaban J connectivity index is 1.82. The second kappa shape index (κ2) is 5.04. The molecule has 2 aromatic rings. The Morgan fingerprint density at radius 2 is 2.11 bits per heavy atom. The van der Waals surface area contributed by atoms with Gasteiger partial charge in [-0.3, -0.25) is 4.72 Å². The molecule has 0 radical (unpaired) electrons. The molecular weight excluding hydrogens is 284 g/mol. The molecule has 1 saturated heterocycles. The zero-order chi connectivity index (χ0) is 13.3. The Morgan fingerprint density at radius 1 is 1.32 bits per heavy atom. The third-order valence-electron chi connectivity index (χ3n) is 2.99. The Bertz CT molecular complexity index is 677. The third kappa shape index (κ3) is 2.71. The van der Waals surface area contributed by atoms with Gasteiger partial charge in [-0.15, -0.1) is 11.3 Å². The zero-order valence-electron chi connectivity index (χ0n) is 10.2. The Hall–Kier alpha value is -1.22. The highest BCUT2D eigenvalue weighted by atomic mass is 32.2. The molecule has 1 aliphatic rings. The number of thiazole rings is 1. The highest BCUT2D eigenvalue weighted by Gasteiger charge is 2.23. The molecule has 2 N–H and O–H groups in total. The Labute approximate surface area is 115 Å². The van der Waals surface area contributed by atoms with E-state index in [0.29, 0.717) is 31.9 Å². The number of nitrogens with one attached hydrogen (secondary N) is 2. The standard InChI is InChI=1S/C11H14N4O2S2/c16-19(17,15-5-3-12-4-6-15)14-9-1-2-10-11(7-9)18-8-13-10/h1-2,7-8,12,14H,3-6H2. The van der Waals surface area contributed by atoms with Crippen molar-refractivity contribution >= 4 is 37.5 Å². The number of hydrogen-bond donors (Lipinski definition) is 2. The van der Waals surface area contributed by atoms with Gasteiger partial charge in [0.1, 0.15) is 0 Å². The summed E-state index contributed by atoms with van der Waals surface area (Å²) in [5, 5.41) is 3.13. The van der Waals surface area contributed by atoms with Gasteiger partial charge in [0, 0.05) is 26.2 Å². The SMILES string of the molecule is O=S(=O)(Nc1ccc2ncsc2c1)N1CCNCC1. The van der Waals surface area contributed by atoms with E-state index in [1.807, 2.05) is 12.1 Å². The second-order valence-corrected chi connectivity index (χ2v) is 6.85. The molecule has 0 spiro atoms. The van der Waals surface area contributed by atoms with Gasteiger partial charge in [0.25, 0.3) is 0 Å². The van der Waals surface area contributed by atoms with E-state index in [1.165, 1.54) is 15.6 Å². The molecule has 0 atom stereocenters. The second-order valence-electron chi connectivity index (χ2n) is 4.29. The molecule has 0 bridgehead atoms. The fourth-order valence-electron chi connectivity index (χ4n) is 2.02. The first-order valence-electron chi connectivity index (χ1n) is 5.97. The van der Waals surface area contributed by atoms with E-state index in [0.717, 1.165) is 10.2 Å². The van der Waals surface area contributed by atoms with Crippen molar-refractivity contribution in [3.05, 3.63) is 23.7 Å². The van der Waals surface area contributed by atoms with Gasteiger partial charge in [0.05, 0.1) is 21.4 Å². The lowest BCUT2D eigenvalue weighted by molar-refractivity contribution is 0.362. The molecule has 0 amide bonds. The van der Waals surface area contributed by atoms with E-state index in [4.69, 9.17) is 0 Å². The molecule has 3 rings (SSSR count). The molecule has 0 unspecified atom stereocenters. The molecule has 1 aliphatic heterocycles. The van der Waals surface area contributed by atoms with Gasteiger partial charge in [-0.1, -0.05) is 0 Å². The largest absolute Gasteiger partial charge is 0.314 e. The van der Waals surface area contributed by atoms with Crippen molar-refractivity contribution in [2.24, 2.45) is 0 Å². The van der Waals surface area contributed by atoms with Crippen LogP contribution in [0.5, 0.6) is 0 Å². The molecule has 19 heavy (non-hydrogen) atoms. The van der Waals surface area contributed by atoms with Gasteiger partial charge in [-0.25, -0.2) is 4.98 Å². The van der Waals surface area contributed by atoms with Crippen LogP contribution in [0, 0.1) is 0 Å². The topological polar surface area (TPSA) is 74.3 Å². The number of fused-ring (bicyclic) bond motifs is 1. The van der Waals surface area contributed by atoms with Crippen molar-refractivity contribution < 1.29 is 8.42 Å². The summed E-state index contributed by atoms with van der Waals surface area (Å²) in [5.74, 6) is 0. The first-order chi connectivity index (χ1) is 9.15. The molecule has 1 aromatic heterocycles. The summed E-state index contributed by atoms with van der Waals surface area (Å²) in [6, 6.07) is 5.37. The number of aromatic nitrogens is 1. The molecule has 102 valence electrons. The summed E-state index contributed by atoms with van der Waals surface area (Å²) in [6.45, 7) is 2.37. The average molecular weight is 298 g/mol. The zero-order valence-corrected chi connectivity index (χ0v) is 11.8. The first kappa shape index (κ1) is 12.8. The van der Waals surface area contributed by atoms with Crippen LogP contribution in [0.25, 0.3) is 10.2 Å². The first-order valence-corrected chi connectivity index (χ1v) is 8.29. The van der Waals surface area contributed by atoms with E-state index in [2.05, 4.69) is 15.0 Å². The van der Waals surface area contributed by atoms with E-state index in [1.54, 1.807) is 11.6 Å². The van der Waals surface area contributed by atoms with Crippen LogP contribution >= 0.6 is 11.3 Å². The molecule has 1 aromatic carbocycles. The molecule has 8 heteroatoms. The van der Waals surface area contributed by atoms with E-state index < -0.39 is 10.2 Å². The van der Waals surface area contributed by atoms with Crippen molar-refractivity contribution in [2.45, 2.75) is 0 Å². The third-order valence-corrected chi connectivity index (χ3v) is 5.32. The molecule has 1 fully saturated rings. The van der Waals surface area contributed by atoms with Gasteiger partial charge >= 0.3 is 10.2 Å². The van der Waals surface area contributed by atoms with Crippen molar-refractivity contribution in [1.82, 2.24) is 14.6 Å². The fourth-order valence-corrected chi connectivity index (χ4v) is 3.95. The van der Waals surface area contributed by atoms with Gasteiger partial charge in [-0.05, 0) is 18.2 Å². The average Bonchev–Trinajstić information content (AvgIpc) is 2.87. The van der Waals surface area contributed by atoms with Gasteiger partial charge in [0.15, 0.2) is 0 Å². The van der Waals surface area contributed by atoms with Crippen LogP contribution in [0.3, 0.4) is 0 Å². The lowest BCUT2D eigenvalue weighted by Crippen LogP contribution is -2.48. The maximum atomic E-state index is 12.2. The molecule has 0 aliphatic carbocycles. The summed E-state index contributed by atoms with van der Waals surface area (Å²) in [6.07, 6.45) is 0. The van der Waals surface area contributed by atoms with Crippen LogP contribution in [0.1, 0.15) is 0 Å². The number of nitrogens with zero attached hydrogens (tertiary/aromatic N) is 2.